The summed E-state index contributed by atoms with van der Waals surface area (Å²) < 4.78 is 6.74. The van der Waals surface area contributed by atoms with Crippen LogP contribution in [0.3, 0.4) is 0 Å². The fourth-order valence-electron chi connectivity index (χ4n) is 9.75. The molecule has 0 N–H and O–H groups in total. The average Bonchev–Trinajstić information content (AvgIpc) is 3.96. The first-order valence-electron chi connectivity index (χ1n) is 22.8. The number of hydrogen-bond donors (Lipinski definition) is 0. The minimum Gasteiger partial charge on any atom is -0.461 e. The van der Waals surface area contributed by atoms with Crippen LogP contribution < -0.4 is 0 Å². The van der Waals surface area contributed by atoms with Crippen molar-refractivity contribution in [2.24, 2.45) is 0 Å². The molecule has 0 saturated heterocycles. The van der Waals surface area contributed by atoms with Gasteiger partial charge >= 0.3 is 0 Å². The molecular weight excluding hydrogens is 803 g/mol. The highest BCUT2D eigenvalue weighted by Crippen LogP contribution is 2.49. The Morgan fingerprint density at radius 1 is 0.500 bits per heavy atom. The summed E-state index contributed by atoms with van der Waals surface area (Å²) in [7, 11) is 0. The molecule has 66 heavy (non-hydrogen) atoms. The van der Waals surface area contributed by atoms with Gasteiger partial charge in [0.15, 0.2) is 17.5 Å². The third-order valence-corrected chi connectivity index (χ3v) is 12.9. The Kier molecular flexibility index (Phi) is 10.9. The number of benzene rings is 7. The first-order chi connectivity index (χ1) is 32.6. The maximum atomic E-state index is 6.74. The summed E-state index contributed by atoms with van der Waals surface area (Å²) in [4.78, 5) is 14.9. The van der Waals surface area contributed by atoms with E-state index >= 15 is 0 Å². The lowest BCUT2D eigenvalue weighted by molar-refractivity contribution is 0.569. The first-order valence-corrected chi connectivity index (χ1v) is 22.8. The number of hydrogen-bond acceptors (Lipinski definition) is 4. The molecule has 2 heterocycles. The topological polar surface area (TPSA) is 51.8 Å². The minimum atomic E-state index is -0.505. The highest BCUT2D eigenvalue weighted by atomic mass is 16.3. The normalized spacial score (nSPS) is 13.6. The van der Waals surface area contributed by atoms with Gasteiger partial charge < -0.3 is 4.42 Å². The fourth-order valence-corrected chi connectivity index (χ4v) is 9.75. The van der Waals surface area contributed by atoms with Gasteiger partial charge in [0.1, 0.15) is 11.3 Å². The van der Waals surface area contributed by atoms with Crippen LogP contribution in [0, 0.1) is 6.92 Å². The Hall–Kier alpha value is -8.21. The Morgan fingerprint density at radius 2 is 1.06 bits per heavy atom. The number of aromatic nitrogens is 3. The van der Waals surface area contributed by atoms with Crippen molar-refractivity contribution in [3.8, 4) is 33.9 Å². The molecule has 11 rings (SSSR count). The maximum Gasteiger partial charge on any atom is 0.164 e. The van der Waals surface area contributed by atoms with Crippen LogP contribution in [-0.2, 0) is 5.41 Å². The quantitative estimate of drug-likeness (QED) is 0.136. The molecule has 0 amide bonds. The van der Waals surface area contributed by atoms with E-state index in [1.165, 1.54) is 27.8 Å². The van der Waals surface area contributed by atoms with Crippen molar-refractivity contribution >= 4 is 32.9 Å². The van der Waals surface area contributed by atoms with Gasteiger partial charge in [-0.1, -0.05) is 200 Å². The predicted molar refractivity (Wildman–Crippen MR) is 272 cm³/mol. The molecule has 316 valence electrons. The van der Waals surface area contributed by atoms with E-state index in [0.29, 0.717) is 17.5 Å². The zero-order valence-electron chi connectivity index (χ0n) is 36.8. The molecule has 2 aromatic heterocycles. The molecule has 0 fully saturated rings. The second-order valence-corrected chi connectivity index (χ2v) is 17.0. The summed E-state index contributed by atoms with van der Waals surface area (Å²) in [5, 5.41) is 3.28. The van der Waals surface area contributed by atoms with Crippen molar-refractivity contribution in [2.75, 3.05) is 0 Å². The van der Waals surface area contributed by atoms with Crippen LogP contribution in [-0.4, -0.2) is 15.0 Å². The Balaban J connectivity index is 1.05. The van der Waals surface area contributed by atoms with E-state index in [1.54, 1.807) is 0 Å². The third-order valence-electron chi connectivity index (χ3n) is 12.9. The maximum absolute atomic E-state index is 6.74. The van der Waals surface area contributed by atoms with Crippen molar-refractivity contribution in [3.63, 3.8) is 0 Å². The minimum absolute atomic E-state index is 0.505. The van der Waals surface area contributed by atoms with E-state index in [2.05, 4.69) is 188 Å². The fraction of sp³-hybridized carbons (Fsp3) is 0.0806. The Labute approximate surface area is 386 Å². The van der Waals surface area contributed by atoms with Crippen LogP contribution in [0.2, 0.25) is 0 Å². The lowest BCUT2D eigenvalue weighted by Crippen LogP contribution is -2.32. The van der Waals surface area contributed by atoms with Gasteiger partial charge in [-0.15, -0.1) is 0 Å². The average molecular weight is 850 g/mol. The van der Waals surface area contributed by atoms with Crippen LogP contribution in [0.5, 0.6) is 0 Å². The number of nitrogens with zero attached hydrogens (tertiary/aromatic N) is 3. The molecule has 0 radical (unpaired) electrons. The van der Waals surface area contributed by atoms with E-state index in [9.17, 15) is 0 Å². The zero-order chi connectivity index (χ0) is 44.3. The molecule has 4 heteroatoms. The monoisotopic (exact) mass is 849 g/mol. The molecule has 2 aliphatic rings. The van der Waals surface area contributed by atoms with E-state index in [4.69, 9.17) is 19.4 Å². The molecule has 2 aliphatic carbocycles. The highest BCUT2D eigenvalue weighted by molar-refractivity contribution is 5.98. The number of rotatable bonds is 9. The summed E-state index contributed by atoms with van der Waals surface area (Å²) in [5.74, 6) is 2.87. The van der Waals surface area contributed by atoms with Gasteiger partial charge in [0.2, 0.25) is 0 Å². The molecule has 0 aliphatic heterocycles. The van der Waals surface area contributed by atoms with Crippen molar-refractivity contribution < 1.29 is 4.42 Å². The Bertz CT molecular complexity index is 3340. The highest BCUT2D eigenvalue weighted by Gasteiger charge is 2.40. The van der Waals surface area contributed by atoms with Gasteiger partial charge in [-0.05, 0) is 112 Å². The van der Waals surface area contributed by atoms with Crippen molar-refractivity contribution in [3.05, 3.63) is 270 Å². The van der Waals surface area contributed by atoms with Gasteiger partial charge in [-0.25, -0.2) is 15.0 Å². The van der Waals surface area contributed by atoms with Crippen molar-refractivity contribution in [2.45, 2.75) is 31.6 Å². The number of fused-ring (bicyclic) bond motifs is 2. The lowest BCUT2D eigenvalue weighted by Gasteiger charge is -2.40. The number of aryl methyl sites for hydroxylation is 1. The van der Waals surface area contributed by atoms with E-state index < -0.39 is 5.41 Å². The molecule has 0 spiro atoms. The standard InChI is InChI=1S/C62H47N3O/c1-43-20-7-2-16-33-56-57(49-25-19-32-55(40-49)62(52-26-10-4-11-27-52,53-28-12-5-13-29-53)54-30-14-6-15-31-54)41-51(42-58(56)66-43)48-35-34-47-39-50(37-36-46(47)38-48)61-64-59(44-21-8-3-9-22-44)63-60(65-61)45-23-17-18-24-45/h2-18,20-23,25-31,33-42H,19,24,32H2,1H3. The largest absolute Gasteiger partial charge is 0.461 e. The third kappa shape index (κ3) is 7.77. The van der Waals surface area contributed by atoms with Gasteiger partial charge in [0.05, 0.1) is 5.41 Å². The van der Waals surface area contributed by atoms with E-state index in [1.807, 2.05) is 49.4 Å². The van der Waals surface area contributed by atoms with Crippen LogP contribution in [0.15, 0.2) is 241 Å². The Morgan fingerprint density at radius 3 is 1.70 bits per heavy atom. The molecule has 9 aromatic rings. The summed E-state index contributed by atoms with van der Waals surface area (Å²) in [5.41, 5.74) is 12.9. The predicted octanol–water partition coefficient (Wildman–Crippen LogP) is 15.7. The van der Waals surface area contributed by atoms with Crippen LogP contribution in [0.25, 0.3) is 66.8 Å². The molecular formula is C62H47N3O. The van der Waals surface area contributed by atoms with E-state index in [-0.39, 0.29) is 0 Å². The SMILES string of the molecule is Cc1cccccc2c(C3=CCCC(C(c4ccccc4)(c4ccccc4)c4ccccc4)=C3)cc(-c3ccc4cc(-c5nc(C6=CC=CC6)nc(-c6ccccc6)n5)ccc4c3)cc2o1. The van der Waals surface area contributed by atoms with Gasteiger partial charge in [0, 0.05) is 22.1 Å². The molecule has 0 bridgehead atoms. The first kappa shape index (κ1) is 40.6. The van der Waals surface area contributed by atoms with Crippen molar-refractivity contribution in [1.82, 2.24) is 15.0 Å². The molecule has 7 aromatic carbocycles. The van der Waals surface area contributed by atoms with Crippen LogP contribution >= 0.6 is 0 Å². The van der Waals surface area contributed by atoms with Crippen LogP contribution in [0.4, 0.5) is 0 Å². The molecule has 0 saturated carbocycles. The lowest BCUT2D eigenvalue weighted by atomic mass is 9.62. The second kappa shape index (κ2) is 17.8. The van der Waals surface area contributed by atoms with Gasteiger partial charge in [-0.2, -0.15) is 0 Å². The zero-order valence-corrected chi connectivity index (χ0v) is 36.8. The molecule has 0 atom stereocenters. The van der Waals surface area contributed by atoms with Gasteiger partial charge in [0.25, 0.3) is 0 Å². The van der Waals surface area contributed by atoms with Crippen molar-refractivity contribution in [1.29, 1.82) is 0 Å². The van der Waals surface area contributed by atoms with Crippen LogP contribution in [0.1, 0.15) is 53.1 Å². The van der Waals surface area contributed by atoms with E-state index in [0.717, 1.165) is 80.2 Å². The second-order valence-electron chi connectivity index (χ2n) is 17.0. The molecule has 0 unspecified atom stereocenters. The van der Waals surface area contributed by atoms with Gasteiger partial charge in [-0.3, -0.25) is 0 Å². The summed E-state index contributed by atoms with van der Waals surface area (Å²) in [6.07, 6.45) is 13.8. The summed E-state index contributed by atoms with van der Waals surface area (Å²) >= 11 is 0. The summed E-state index contributed by atoms with van der Waals surface area (Å²) in [6.45, 7) is 2.02. The smallest absolute Gasteiger partial charge is 0.164 e. The summed E-state index contributed by atoms with van der Waals surface area (Å²) in [6, 6.07) is 71.4. The number of allylic oxidation sites excluding steroid dienone is 8. The molecule has 4 nitrogen and oxygen atoms in total.